The molecule has 0 saturated carbocycles. The molecule has 0 atom stereocenters. The smallest absolute Gasteiger partial charge is 0.265 e. The number of hydrazine groups is 1. The minimum atomic E-state index is -0.313. The Morgan fingerprint density at radius 3 is 2.50 bits per heavy atom. The fourth-order valence-electron chi connectivity index (χ4n) is 1.58. The highest BCUT2D eigenvalue weighted by molar-refractivity contribution is 5.93. The molecule has 1 rings (SSSR count). The number of nitrogens with one attached hydrogen (secondary N) is 1. The van der Waals surface area contributed by atoms with Gasteiger partial charge in [-0.05, 0) is 38.2 Å². The van der Waals surface area contributed by atoms with Crippen molar-refractivity contribution in [2.75, 3.05) is 40.0 Å². The first-order valence-electron chi connectivity index (χ1n) is 6.67. The first kappa shape index (κ1) is 16.4. The zero-order valence-corrected chi connectivity index (χ0v) is 12.1. The third-order valence-corrected chi connectivity index (χ3v) is 2.81. The minimum absolute atomic E-state index is 0.313. The number of hydrogen-bond acceptors (Lipinski definition) is 5. The highest BCUT2D eigenvalue weighted by atomic mass is 16.5. The maximum absolute atomic E-state index is 11.3. The summed E-state index contributed by atoms with van der Waals surface area (Å²) < 4.78 is 10.9. The number of nitrogens with zero attached hydrogens (tertiary/aromatic N) is 1. The number of carbonyl (C=O) groups excluding carboxylic acids is 1. The van der Waals surface area contributed by atoms with E-state index in [0.717, 1.165) is 32.1 Å². The number of likely N-dealkylation sites (N-methyl/N-ethyl adjacent to an activating group) is 1. The Morgan fingerprint density at radius 2 is 1.90 bits per heavy atom. The quantitative estimate of drug-likeness (QED) is 0.301. The first-order valence-corrected chi connectivity index (χ1v) is 6.67. The van der Waals surface area contributed by atoms with Gasteiger partial charge in [-0.3, -0.25) is 10.2 Å². The summed E-state index contributed by atoms with van der Waals surface area (Å²) in [6.07, 6.45) is 0. The van der Waals surface area contributed by atoms with Crippen LogP contribution >= 0.6 is 0 Å². The van der Waals surface area contributed by atoms with Crippen molar-refractivity contribution < 1.29 is 14.3 Å². The second-order valence-corrected chi connectivity index (χ2v) is 4.35. The molecule has 0 aliphatic heterocycles. The lowest BCUT2D eigenvalue weighted by atomic mass is 10.2. The van der Waals surface area contributed by atoms with Crippen LogP contribution in [-0.2, 0) is 4.74 Å². The first-order chi connectivity index (χ1) is 9.67. The number of ether oxygens (including phenoxy) is 2. The molecule has 112 valence electrons. The molecule has 6 nitrogen and oxygen atoms in total. The summed E-state index contributed by atoms with van der Waals surface area (Å²) in [5.74, 6) is 5.48. The molecule has 20 heavy (non-hydrogen) atoms. The van der Waals surface area contributed by atoms with E-state index in [9.17, 15) is 4.79 Å². The van der Waals surface area contributed by atoms with Gasteiger partial charge in [-0.15, -0.1) is 0 Å². The predicted molar refractivity (Wildman–Crippen MR) is 77.6 cm³/mol. The van der Waals surface area contributed by atoms with Gasteiger partial charge in [0, 0.05) is 25.3 Å². The molecule has 0 bridgehead atoms. The summed E-state index contributed by atoms with van der Waals surface area (Å²) >= 11 is 0. The molecule has 0 aromatic heterocycles. The van der Waals surface area contributed by atoms with Crippen molar-refractivity contribution in [1.29, 1.82) is 0 Å². The Hall–Kier alpha value is -1.63. The van der Waals surface area contributed by atoms with Crippen LogP contribution in [0.2, 0.25) is 0 Å². The third kappa shape index (κ3) is 6.01. The lowest BCUT2D eigenvalue weighted by Crippen LogP contribution is -2.29. The molecule has 1 aromatic carbocycles. The van der Waals surface area contributed by atoms with Crippen LogP contribution in [0.5, 0.6) is 5.75 Å². The Kier molecular flexibility index (Phi) is 7.64. The van der Waals surface area contributed by atoms with E-state index in [0.29, 0.717) is 12.2 Å². The Morgan fingerprint density at radius 1 is 1.25 bits per heavy atom. The zero-order chi connectivity index (χ0) is 14.8. The largest absolute Gasteiger partial charge is 0.492 e. The number of nitrogens with two attached hydrogens (primary N) is 1. The van der Waals surface area contributed by atoms with Gasteiger partial charge in [-0.25, -0.2) is 5.84 Å². The molecule has 0 spiro atoms. The number of benzene rings is 1. The highest BCUT2D eigenvalue weighted by Crippen LogP contribution is 2.11. The molecule has 0 aliphatic carbocycles. The van der Waals surface area contributed by atoms with Crippen LogP contribution in [0, 0.1) is 0 Å². The third-order valence-electron chi connectivity index (χ3n) is 2.81. The summed E-state index contributed by atoms with van der Waals surface area (Å²) in [7, 11) is 2.02. The molecule has 1 aromatic rings. The topological polar surface area (TPSA) is 76.8 Å². The van der Waals surface area contributed by atoms with Crippen LogP contribution in [0.1, 0.15) is 17.3 Å². The van der Waals surface area contributed by atoms with E-state index < -0.39 is 0 Å². The normalized spacial score (nSPS) is 10.6. The number of amides is 1. The van der Waals surface area contributed by atoms with E-state index in [1.165, 1.54) is 0 Å². The molecular weight excluding hydrogens is 258 g/mol. The highest BCUT2D eigenvalue weighted by Gasteiger charge is 2.03. The lowest BCUT2D eigenvalue weighted by molar-refractivity contribution is 0.0953. The zero-order valence-electron chi connectivity index (χ0n) is 12.1. The lowest BCUT2D eigenvalue weighted by Gasteiger charge is -2.16. The van der Waals surface area contributed by atoms with Crippen molar-refractivity contribution in [2.24, 2.45) is 5.84 Å². The van der Waals surface area contributed by atoms with Crippen molar-refractivity contribution >= 4 is 5.91 Å². The molecule has 0 aliphatic rings. The van der Waals surface area contributed by atoms with Gasteiger partial charge in [-0.2, -0.15) is 0 Å². The molecule has 1 amide bonds. The summed E-state index contributed by atoms with van der Waals surface area (Å²) in [6.45, 7) is 5.75. The molecular formula is C14H23N3O3. The van der Waals surface area contributed by atoms with E-state index in [-0.39, 0.29) is 5.91 Å². The fourth-order valence-corrected chi connectivity index (χ4v) is 1.58. The summed E-state index contributed by atoms with van der Waals surface area (Å²) in [6, 6.07) is 6.86. The van der Waals surface area contributed by atoms with Crippen LogP contribution in [-0.4, -0.2) is 50.8 Å². The van der Waals surface area contributed by atoms with Crippen molar-refractivity contribution in [3.63, 3.8) is 0 Å². The van der Waals surface area contributed by atoms with Crippen LogP contribution in [0.15, 0.2) is 24.3 Å². The molecule has 0 unspecified atom stereocenters. The van der Waals surface area contributed by atoms with Crippen LogP contribution in [0.3, 0.4) is 0 Å². The summed E-state index contributed by atoms with van der Waals surface area (Å²) in [5, 5.41) is 0. The van der Waals surface area contributed by atoms with Gasteiger partial charge in [0.1, 0.15) is 12.4 Å². The molecule has 0 heterocycles. The van der Waals surface area contributed by atoms with Crippen molar-refractivity contribution in [3.8, 4) is 5.75 Å². The molecule has 6 heteroatoms. The minimum Gasteiger partial charge on any atom is -0.492 e. The van der Waals surface area contributed by atoms with Crippen LogP contribution < -0.4 is 16.0 Å². The van der Waals surface area contributed by atoms with Crippen LogP contribution in [0.25, 0.3) is 0 Å². The number of hydrogen-bond donors (Lipinski definition) is 2. The number of carbonyl (C=O) groups is 1. The van der Waals surface area contributed by atoms with E-state index >= 15 is 0 Å². The van der Waals surface area contributed by atoms with Gasteiger partial charge in [0.15, 0.2) is 0 Å². The van der Waals surface area contributed by atoms with Gasteiger partial charge < -0.3 is 14.4 Å². The standard InChI is InChI=1S/C14H23N3O3/c1-3-19-10-8-17(2)9-11-20-13-6-4-12(5-7-13)14(18)16-15/h4-7H,3,8-11,15H2,1-2H3,(H,16,18). The Bertz CT molecular complexity index is 395. The van der Waals surface area contributed by atoms with E-state index in [4.69, 9.17) is 15.3 Å². The van der Waals surface area contributed by atoms with Gasteiger partial charge in [0.25, 0.3) is 5.91 Å². The van der Waals surface area contributed by atoms with E-state index in [1.807, 2.05) is 14.0 Å². The van der Waals surface area contributed by atoms with Crippen molar-refractivity contribution in [2.45, 2.75) is 6.92 Å². The average molecular weight is 281 g/mol. The Labute approximate surface area is 119 Å². The fraction of sp³-hybridized carbons (Fsp3) is 0.500. The maximum Gasteiger partial charge on any atom is 0.265 e. The van der Waals surface area contributed by atoms with Gasteiger partial charge in [0.05, 0.1) is 6.61 Å². The van der Waals surface area contributed by atoms with Gasteiger partial charge in [0.2, 0.25) is 0 Å². The SMILES string of the molecule is CCOCCN(C)CCOc1ccc(C(=O)NN)cc1. The average Bonchev–Trinajstić information content (AvgIpc) is 2.47. The molecule has 0 fully saturated rings. The molecule has 0 saturated heterocycles. The van der Waals surface area contributed by atoms with Gasteiger partial charge in [-0.1, -0.05) is 0 Å². The summed E-state index contributed by atoms with van der Waals surface area (Å²) in [5.41, 5.74) is 2.59. The number of nitrogen functional groups attached to an aromatic ring is 1. The number of rotatable bonds is 9. The predicted octanol–water partition coefficient (Wildman–Crippen LogP) is 0.637. The second kappa shape index (κ2) is 9.30. The second-order valence-electron chi connectivity index (χ2n) is 4.35. The summed E-state index contributed by atoms with van der Waals surface area (Å²) in [4.78, 5) is 13.4. The van der Waals surface area contributed by atoms with Gasteiger partial charge >= 0.3 is 0 Å². The monoisotopic (exact) mass is 281 g/mol. The Balaban J connectivity index is 2.26. The van der Waals surface area contributed by atoms with Crippen molar-refractivity contribution in [1.82, 2.24) is 10.3 Å². The van der Waals surface area contributed by atoms with Crippen LogP contribution in [0.4, 0.5) is 0 Å². The van der Waals surface area contributed by atoms with E-state index in [1.54, 1.807) is 24.3 Å². The van der Waals surface area contributed by atoms with E-state index in [2.05, 4.69) is 10.3 Å². The molecule has 3 N–H and O–H groups in total. The maximum atomic E-state index is 11.3. The van der Waals surface area contributed by atoms with Crippen molar-refractivity contribution in [3.05, 3.63) is 29.8 Å². The molecule has 0 radical (unpaired) electrons.